The summed E-state index contributed by atoms with van der Waals surface area (Å²) in [6, 6.07) is 8.28. The summed E-state index contributed by atoms with van der Waals surface area (Å²) in [6.45, 7) is 0.291. The molecule has 0 saturated carbocycles. The largest absolute Gasteiger partial charge is 0.490 e. The molecule has 2 aromatic carbocycles. The summed E-state index contributed by atoms with van der Waals surface area (Å²) in [5, 5.41) is 27.3. The zero-order valence-electron chi connectivity index (χ0n) is 22.2. The molecule has 232 valence electrons. The molecule has 1 atom stereocenters. The molecule has 2 aromatic rings. The van der Waals surface area contributed by atoms with Crippen LogP contribution in [-0.4, -0.2) is 69.9 Å². The number of fused-ring (bicyclic) bond motifs is 2. The van der Waals surface area contributed by atoms with Crippen molar-refractivity contribution >= 4 is 41.4 Å². The van der Waals surface area contributed by atoms with Gasteiger partial charge in [-0.2, -0.15) is 13.2 Å². The first-order valence-electron chi connectivity index (χ1n) is 12.3. The fraction of sp³-hybridized carbons (Fsp3) is 0.308. The van der Waals surface area contributed by atoms with Gasteiger partial charge in [0.2, 0.25) is 5.91 Å². The van der Waals surface area contributed by atoms with E-state index in [1.54, 1.807) is 36.4 Å². The smallest absolute Gasteiger partial charge is 0.489 e. The van der Waals surface area contributed by atoms with E-state index in [9.17, 15) is 32.3 Å². The van der Waals surface area contributed by atoms with E-state index in [0.717, 1.165) is 0 Å². The minimum Gasteiger partial charge on any atom is -0.489 e. The summed E-state index contributed by atoms with van der Waals surface area (Å²) in [5.74, 6) is -6.40. The van der Waals surface area contributed by atoms with E-state index in [-0.39, 0.29) is 24.6 Å². The Labute approximate surface area is 241 Å². The molecule has 1 amide bonds. The Hall–Kier alpha value is -5.35. The molecule has 8 N–H and O–H groups in total. The number of halogens is 3. The second kappa shape index (κ2) is 15.0. The van der Waals surface area contributed by atoms with Gasteiger partial charge in [-0.05, 0) is 54.7 Å². The molecule has 0 aromatic heterocycles. The molecule has 0 spiro atoms. The topological polar surface area (TPSA) is 241 Å². The third kappa shape index (κ3) is 10.9. The number of benzene rings is 2. The van der Waals surface area contributed by atoms with Crippen molar-refractivity contribution in [3.8, 4) is 11.5 Å². The number of nitrogens with zero attached hydrogens (tertiary/aromatic N) is 1. The van der Waals surface area contributed by atoms with Gasteiger partial charge in [0.25, 0.3) is 0 Å². The number of carboxylic acids is 3. The van der Waals surface area contributed by atoms with Crippen LogP contribution in [0.5, 0.6) is 11.5 Å². The highest BCUT2D eigenvalue weighted by Gasteiger charge is 2.38. The number of ether oxygens (including phenoxy) is 2. The van der Waals surface area contributed by atoms with Gasteiger partial charge in [0.1, 0.15) is 6.04 Å². The number of aliphatic carboxylic acids is 3. The van der Waals surface area contributed by atoms with Crippen LogP contribution in [-0.2, 0) is 32.0 Å². The fourth-order valence-corrected chi connectivity index (χ4v) is 3.69. The SMILES string of the molecule is NC(N)=Nc1ccc2c(c1)CCCOc1c(CCC(=O)N[C@@H](CC(=O)O)C(=O)O)cccc1OC2=O.O=C(O)C(F)(F)F. The van der Waals surface area contributed by atoms with Crippen LogP contribution < -0.4 is 26.3 Å². The highest BCUT2D eigenvalue weighted by Crippen LogP contribution is 2.34. The summed E-state index contributed by atoms with van der Waals surface area (Å²) < 4.78 is 43.3. The number of nitrogens with one attached hydrogen (secondary N) is 1. The van der Waals surface area contributed by atoms with Crippen molar-refractivity contribution in [2.24, 2.45) is 16.5 Å². The average molecular weight is 613 g/mol. The van der Waals surface area contributed by atoms with Crippen LogP contribution >= 0.6 is 0 Å². The minimum atomic E-state index is -5.08. The first kappa shape index (κ1) is 33.9. The van der Waals surface area contributed by atoms with Crippen LogP contribution in [0.3, 0.4) is 0 Å². The van der Waals surface area contributed by atoms with E-state index in [1.807, 2.05) is 0 Å². The molecular weight excluding hydrogens is 585 g/mol. The van der Waals surface area contributed by atoms with Gasteiger partial charge in [-0.25, -0.2) is 19.4 Å². The lowest BCUT2D eigenvalue weighted by atomic mass is 10.0. The number of carbonyl (C=O) groups excluding carboxylic acids is 2. The van der Waals surface area contributed by atoms with Crippen LogP contribution in [0.4, 0.5) is 18.9 Å². The number of aliphatic imine (C=N–C) groups is 1. The fourth-order valence-electron chi connectivity index (χ4n) is 3.69. The number of carbonyl (C=O) groups is 5. The third-order valence-corrected chi connectivity index (χ3v) is 5.54. The maximum absolute atomic E-state index is 12.9. The van der Waals surface area contributed by atoms with Crippen LogP contribution in [0.1, 0.15) is 40.7 Å². The van der Waals surface area contributed by atoms with Crippen LogP contribution in [0, 0.1) is 0 Å². The van der Waals surface area contributed by atoms with Crippen LogP contribution in [0.15, 0.2) is 41.4 Å². The van der Waals surface area contributed by atoms with Gasteiger partial charge in [-0.3, -0.25) is 9.59 Å². The van der Waals surface area contributed by atoms with E-state index in [4.69, 9.17) is 41.1 Å². The molecule has 3 rings (SSSR count). The molecule has 1 aliphatic heterocycles. The molecule has 0 aliphatic carbocycles. The quantitative estimate of drug-likeness (QED) is 0.108. The minimum absolute atomic E-state index is 0.101. The van der Waals surface area contributed by atoms with Crippen molar-refractivity contribution in [1.82, 2.24) is 5.32 Å². The van der Waals surface area contributed by atoms with Crippen molar-refractivity contribution in [1.29, 1.82) is 0 Å². The lowest BCUT2D eigenvalue weighted by Crippen LogP contribution is -2.42. The average Bonchev–Trinajstić information content (AvgIpc) is 2.89. The maximum Gasteiger partial charge on any atom is 0.490 e. The molecule has 0 unspecified atom stereocenters. The van der Waals surface area contributed by atoms with Gasteiger partial charge >= 0.3 is 30.1 Å². The van der Waals surface area contributed by atoms with E-state index in [2.05, 4.69) is 10.3 Å². The number of amides is 1. The lowest BCUT2D eigenvalue weighted by molar-refractivity contribution is -0.192. The molecule has 14 nitrogen and oxygen atoms in total. The number of carboxylic acid groups (broad SMARTS) is 3. The van der Waals surface area contributed by atoms with Gasteiger partial charge in [0.15, 0.2) is 17.5 Å². The van der Waals surface area contributed by atoms with Gasteiger partial charge in [0, 0.05) is 6.42 Å². The molecule has 1 heterocycles. The van der Waals surface area contributed by atoms with Crippen LogP contribution in [0.25, 0.3) is 0 Å². The molecule has 0 saturated heterocycles. The zero-order chi connectivity index (χ0) is 32.3. The van der Waals surface area contributed by atoms with Crippen molar-refractivity contribution in [2.75, 3.05) is 6.61 Å². The molecule has 0 bridgehead atoms. The first-order chi connectivity index (χ1) is 20.1. The number of para-hydroxylation sites is 1. The Balaban J connectivity index is 0.000000821. The third-order valence-electron chi connectivity index (χ3n) is 5.54. The number of hydrogen-bond acceptors (Lipinski definition) is 8. The summed E-state index contributed by atoms with van der Waals surface area (Å²) >= 11 is 0. The molecule has 0 fully saturated rings. The van der Waals surface area contributed by atoms with E-state index in [1.165, 1.54) is 0 Å². The molecule has 17 heteroatoms. The highest BCUT2D eigenvalue weighted by molar-refractivity contribution is 5.94. The monoisotopic (exact) mass is 612 g/mol. The Morgan fingerprint density at radius 3 is 2.33 bits per heavy atom. The molecule has 0 radical (unpaired) electrons. The van der Waals surface area contributed by atoms with Crippen molar-refractivity contribution in [3.63, 3.8) is 0 Å². The van der Waals surface area contributed by atoms with Crippen molar-refractivity contribution in [3.05, 3.63) is 53.1 Å². The number of rotatable bonds is 8. The number of alkyl halides is 3. The van der Waals surface area contributed by atoms with E-state index in [0.29, 0.717) is 47.6 Å². The highest BCUT2D eigenvalue weighted by atomic mass is 19.4. The summed E-state index contributed by atoms with van der Waals surface area (Å²) in [6.07, 6.45) is -4.75. The molecule has 1 aliphatic rings. The van der Waals surface area contributed by atoms with Gasteiger partial charge in [-0.1, -0.05) is 12.1 Å². The molecule has 43 heavy (non-hydrogen) atoms. The number of nitrogens with two attached hydrogens (primary N) is 2. The second-order valence-corrected chi connectivity index (χ2v) is 8.82. The normalized spacial score (nSPS) is 13.2. The predicted octanol–water partition coefficient (Wildman–Crippen LogP) is 1.75. The summed E-state index contributed by atoms with van der Waals surface area (Å²) in [5.41, 5.74) is 13.0. The van der Waals surface area contributed by atoms with Crippen molar-refractivity contribution in [2.45, 2.75) is 44.3 Å². The summed E-state index contributed by atoms with van der Waals surface area (Å²) in [7, 11) is 0. The second-order valence-electron chi connectivity index (χ2n) is 8.82. The summed E-state index contributed by atoms with van der Waals surface area (Å²) in [4.78, 5) is 60.1. The van der Waals surface area contributed by atoms with E-state index >= 15 is 0 Å². The Kier molecular flexibility index (Phi) is 11.8. The van der Waals surface area contributed by atoms with Gasteiger partial charge < -0.3 is 41.6 Å². The first-order valence-corrected chi connectivity index (χ1v) is 12.3. The lowest BCUT2D eigenvalue weighted by Gasteiger charge is -2.19. The number of aryl methyl sites for hydroxylation is 2. The van der Waals surface area contributed by atoms with Crippen molar-refractivity contribution < 1.29 is 61.9 Å². The maximum atomic E-state index is 12.9. The number of esters is 1. The number of hydrogen-bond donors (Lipinski definition) is 6. The number of guanidine groups is 1. The zero-order valence-corrected chi connectivity index (χ0v) is 22.2. The van der Waals surface area contributed by atoms with E-state index < -0.39 is 48.4 Å². The Morgan fingerprint density at radius 1 is 1.07 bits per heavy atom. The Morgan fingerprint density at radius 2 is 1.74 bits per heavy atom. The predicted molar refractivity (Wildman–Crippen MR) is 141 cm³/mol. The standard InChI is InChI=1S/C24H26N4O8.C2HF3O2/c25-24(26)27-15-7-8-16-14(11-15)4-2-10-35-21-13(3-1-5-18(21)36-23(16)34)6-9-19(29)28-17(22(32)33)12-20(30)31;3-2(4,5)1(6)7/h1,3,5,7-8,11,17H,2,4,6,9-10,12H2,(H,28,29)(H,30,31)(H,32,33)(H4,25,26,27);(H,6,7)/t17-;/m0./s1. The van der Waals surface area contributed by atoms with Gasteiger partial charge in [-0.15, -0.1) is 0 Å². The Bertz CT molecular complexity index is 1410. The molecular formula is C26H27F3N4O10. The van der Waals surface area contributed by atoms with Crippen LogP contribution in [0.2, 0.25) is 0 Å². The van der Waals surface area contributed by atoms with Gasteiger partial charge in [0.05, 0.1) is 24.3 Å².